The first-order valence-corrected chi connectivity index (χ1v) is 8.94. The molecule has 4 rings (SSSR count). The van der Waals surface area contributed by atoms with Crippen LogP contribution in [0.2, 0.25) is 0 Å². The Kier molecular flexibility index (Phi) is 4.80. The second-order valence-corrected chi connectivity index (χ2v) is 6.71. The van der Waals surface area contributed by atoms with Crippen molar-refractivity contribution in [1.82, 2.24) is 19.9 Å². The minimum atomic E-state index is -0.454. The van der Waals surface area contributed by atoms with Gasteiger partial charge < -0.3 is 4.52 Å². The molecule has 0 fully saturated rings. The summed E-state index contributed by atoms with van der Waals surface area (Å²) in [4.78, 5) is 16.4. The SMILES string of the molecule is O=C(Nc1ncn(Cc2cccc(Br)c2)n1)c1cc(-c2ccccc2)no1. The van der Waals surface area contributed by atoms with Crippen molar-refractivity contribution in [2.24, 2.45) is 0 Å². The van der Waals surface area contributed by atoms with Crippen LogP contribution in [0.1, 0.15) is 16.1 Å². The number of hydrogen-bond donors (Lipinski definition) is 1. The molecule has 2 aromatic heterocycles. The Morgan fingerprint density at radius 1 is 1.11 bits per heavy atom. The number of amides is 1. The Morgan fingerprint density at radius 2 is 1.96 bits per heavy atom. The fraction of sp³-hybridized carbons (Fsp3) is 0.0526. The molecule has 0 atom stereocenters. The monoisotopic (exact) mass is 423 g/mol. The molecule has 0 aliphatic heterocycles. The Bertz CT molecular complexity index is 1070. The summed E-state index contributed by atoms with van der Waals surface area (Å²) >= 11 is 3.44. The zero-order chi connectivity index (χ0) is 18.6. The summed E-state index contributed by atoms with van der Waals surface area (Å²) in [5.41, 5.74) is 2.53. The van der Waals surface area contributed by atoms with Gasteiger partial charge in [0, 0.05) is 16.1 Å². The molecule has 0 radical (unpaired) electrons. The number of anilines is 1. The van der Waals surface area contributed by atoms with E-state index in [2.05, 4.69) is 36.5 Å². The maximum atomic E-state index is 12.3. The summed E-state index contributed by atoms with van der Waals surface area (Å²) < 4.78 is 7.78. The molecule has 0 bridgehead atoms. The Hall–Kier alpha value is -3.26. The van der Waals surface area contributed by atoms with Crippen LogP contribution in [0.25, 0.3) is 11.3 Å². The molecule has 2 aromatic carbocycles. The predicted molar refractivity (Wildman–Crippen MR) is 103 cm³/mol. The smallest absolute Gasteiger partial charge is 0.296 e. The van der Waals surface area contributed by atoms with E-state index in [4.69, 9.17) is 4.52 Å². The van der Waals surface area contributed by atoms with E-state index < -0.39 is 5.91 Å². The summed E-state index contributed by atoms with van der Waals surface area (Å²) in [6.45, 7) is 0.544. The number of benzene rings is 2. The van der Waals surface area contributed by atoms with Crippen molar-refractivity contribution >= 4 is 27.8 Å². The van der Waals surface area contributed by atoms with E-state index >= 15 is 0 Å². The van der Waals surface area contributed by atoms with E-state index in [1.54, 1.807) is 17.1 Å². The quantitative estimate of drug-likeness (QED) is 0.524. The summed E-state index contributed by atoms with van der Waals surface area (Å²) in [7, 11) is 0. The largest absolute Gasteiger partial charge is 0.350 e. The van der Waals surface area contributed by atoms with Gasteiger partial charge in [0.05, 0.1) is 6.54 Å². The maximum Gasteiger partial charge on any atom is 0.296 e. The third kappa shape index (κ3) is 4.12. The molecule has 4 aromatic rings. The summed E-state index contributed by atoms with van der Waals surface area (Å²) in [6, 6.07) is 19.0. The van der Waals surface area contributed by atoms with Gasteiger partial charge in [0.25, 0.3) is 5.91 Å². The Morgan fingerprint density at radius 3 is 2.78 bits per heavy atom. The lowest BCUT2D eigenvalue weighted by Gasteiger charge is -2.01. The first kappa shape index (κ1) is 17.2. The van der Waals surface area contributed by atoms with Gasteiger partial charge in [0.1, 0.15) is 12.0 Å². The number of nitrogens with one attached hydrogen (secondary N) is 1. The van der Waals surface area contributed by atoms with Gasteiger partial charge in [-0.05, 0) is 17.7 Å². The average molecular weight is 424 g/mol. The van der Waals surface area contributed by atoms with Crippen LogP contribution in [-0.4, -0.2) is 25.8 Å². The zero-order valence-corrected chi connectivity index (χ0v) is 15.6. The summed E-state index contributed by atoms with van der Waals surface area (Å²) in [5, 5.41) is 10.8. The molecule has 27 heavy (non-hydrogen) atoms. The standard InChI is InChI=1S/C19H14BrN5O2/c20-15-8-4-5-13(9-15)11-25-12-21-19(23-25)22-18(26)17-10-16(24-27-17)14-6-2-1-3-7-14/h1-10,12H,11H2,(H,22,23,26). The Balaban J connectivity index is 1.43. The second-order valence-electron chi connectivity index (χ2n) is 5.79. The summed E-state index contributed by atoms with van der Waals surface area (Å²) in [5.74, 6) is -0.158. The van der Waals surface area contributed by atoms with Crippen LogP contribution in [0.3, 0.4) is 0 Å². The first-order chi connectivity index (χ1) is 13.2. The van der Waals surface area contributed by atoms with Gasteiger partial charge in [0.15, 0.2) is 0 Å². The van der Waals surface area contributed by atoms with Gasteiger partial charge in [0.2, 0.25) is 11.7 Å². The maximum absolute atomic E-state index is 12.3. The highest BCUT2D eigenvalue weighted by Crippen LogP contribution is 2.19. The number of aromatic nitrogens is 4. The molecule has 1 amide bonds. The molecule has 2 heterocycles. The lowest BCUT2D eigenvalue weighted by Crippen LogP contribution is -2.12. The van der Waals surface area contributed by atoms with Crippen LogP contribution in [0.4, 0.5) is 5.95 Å². The lowest BCUT2D eigenvalue weighted by molar-refractivity contribution is 0.0987. The average Bonchev–Trinajstić information content (AvgIpc) is 3.32. The summed E-state index contributed by atoms with van der Waals surface area (Å²) in [6.07, 6.45) is 1.56. The molecule has 134 valence electrons. The van der Waals surface area contributed by atoms with Crippen LogP contribution in [0, 0.1) is 0 Å². The van der Waals surface area contributed by atoms with Gasteiger partial charge in [-0.1, -0.05) is 63.6 Å². The third-order valence-electron chi connectivity index (χ3n) is 3.80. The molecule has 0 saturated heterocycles. The predicted octanol–water partition coefficient (Wildman–Crippen LogP) is 4.00. The molecule has 1 N–H and O–H groups in total. The normalized spacial score (nSPS) is 10.7. The van der Waals surface area contributed by atoms with Crippen molar-refractivity contribution < 1.29 is 9.32 Å². The molecule has 0 aliphatic carbocycles. The van der Waals surface area contributed by atoms with Crippen LogP contribution in [-0.2, 0) is 6.54 Å². The van der Waals surface area contributed by atoms with E-state index in [-0.39, 0.29) is 11.7 Å². The van der Waals surface area contributed by atoms with Crippen molar-refractivity contribution in [2.45, 2.75) is 6.54 Å². The lowest BCUT2D eigenvalue weighted by atomic mass is 10.1. The highest BCUT2D eigenvalue weighted by atomic mass is 79.9. The third-order valence-corrected chi connectivity index (χ3v) is 4.29. The van der Waals surface area contributed by atoms with E-state index in [0.29, 0.717) is 12.2 Å². The fourth-order valence-electron chi connectivity index (χ4n) is 2.54. The molecule has 0 aliphatic rings. The molecule has 0 spiro atoms. The molecule has 8 heteroatoms. The van der Waals surface area contributed by atoms with Gasteiger partial charge in [-0.2, -0.15) is 0 Å². The topological polar surface area (TPSA) is 85.8 Å². The van der Waals surface area contributed by atoms with E-state index in [1.165, 1.54) is 0 Å². The highest BCUT2D eigenvalue weighted by molar-refractivity contribution is 9.10. The number of nitrogens with zero attached hydrogens (tertiary/aromatic N) is 4. The van der Waals surface area contributed by atoms with Gasteiger partial charge in [-0.25, -0.2) is 9.67 Å². The van der Waals surface area contributed by atoms with E-state index in [1.807, 2.05) is 54.6 Å². The van der Waals surface area contributed by atoms with Crippen LogP contribution < -0.4 is 5.32 Å². The van der Waals surface area contributed by atoms with E-state index in [0.717, 1.165) is 15.6 Å². The minimum Gasteiger partial charge on any atom is -0.350 e. The minimum absolute atomic E-state index is 0.0946. The second kappa shape index (κ2) is 7.55. The van der Waals surface area contributed by atoms with Crippen molar-refractivity contribution in [3.05, 3.63) is 82.8 Å². The van der Waals surface area contributed by atoms with Crippen molar-refractivity contribution in [2.75, 3.05) is 5.32 Å². The molecular weight excluding hydrogens is 410 g/mol. The van der Waals surface area contributed by atoms with Gasteiger partial charge in [-0.3, -0.25) is 10.1 Å². The number of hydrogen-bond acceptors (Lipinski definition) is 5. The van der Waals surface area contributed by atoms with Crippen LogP contribution >= 0.6 is 15.9 Å². The van der Waals surface area contributed by atoms with Crippen molar-refractivity contribution in [3.63, 3.8) is 0 Å². The number of carbonyl (C=O) groups is 1. The zero-order valence-electron chi connectivity index (χ0n) is 14.0. The van der Waals surface area contributed by atoms with E-state index in [9.17, 15) is 4.79 Å². The Labute approximate surface area is 163 Å². The molecular formula is C19H14BrN5O2. The van der Waals surface area contributed by atoms with Crippen molar-refractivity contribution in [3.8, 4) is 11.3 Å². The number of halogens is 1. The highest BCUT2D eigenvalue weighted by Gasteiger charge is 2.16. The number of carbonyl (C=O) groups excluding carboxylic acids is 1. The number of rotatable bonds is 5. The first-order valence-electron chi connectivity index (χ1n) is 8.15. The fourth-order valence-corrected chi connectivity index (χ4v) is 2.99. The molecule has 0 unspecified atom stereocenters. The molecule has 0 saturated carbocycles. The van der Waals surface area contributed by atoms with Gasteiger partial charge >= 0.3 is 0 Å². The molecule has 7 nitrogen and oxygen atoms in total. The van der Waals surface area contributed by atoms with Crippen molar-refractivity contribution in [1.29, 1.82) is 0 Å². The van der Waals surface area contributed by atoms with Crippen LogP contribution in [0.15, 0.2) is 76.0 Å². The van der Waals surface area contributed by atoms with Gasteiger partial charge in [-0.15, -0.1) is 5.10 Å². The van der Waals surface area contributed by atoms with Crippen LogP contribution in [0.5, 0.6) is 0 Å².